The summed E-state index contributed by atoms with van der Waals surface area (Å²) in [6.45, 7) is 6.07. The molecule has 0 aliphatic heterocycles. The van der Waals surface area contributed by atoms with Gasteiger partial charge in [0.1, 0.15) is 0 Å². The lowest BCUT2D eigenvalue weighted by Crippen LogP contribution is -2.42. The molecule has 0 amide bonds. The van der Waals surface area contributed by atoms with Gasteiger partial charge >= 0.3 is 0 Å². The van der Waals surface area contributed by atoms with E-state index in [0.29, 0.717) is 10.6 Å². The number of nitrogens with zero attached hydrogens (tertiary/aromatic N) is 3. The summed E-state index contributed by atoms with van der Waals surface area (Å²) in [5.74, 6) is 0.0565. The molecule has 3 aromatic carbocycles. The van der Waals surface area contributed by atoms with Crippen molar-refractivity contribution in [2.45, 2.75) is 45.2 Å². The third-order valence-electron chi connectivity index (χ3n) is 6.87. The monoisotopic (exact) mass is 507 g/mol. The molecule has 4 rings (SSSR count). The first kappa shape index (κ1) is 26.2. The van der Waals surface area contributed by atoms with E-state index in [0.717, 1.165) is 34.4 Å². The second-order valence-electron chi connectivity index (χ2n) is 9.98. The van der Waals surface area contributed by atoms with Crippen LogP contribution in [-0.4, -0.2) is 16.2 Å². The van der Waals surface area contributed by atoms with E-state index >= 15 is 0 Å². The van der Waals surface area contributed by atoms with Gasteiger partial charge in [0.25, 0.3) is 0 Å². The molecule has 6 heteroatoms. The van der Waals surface area contributed by atoms with Crippen LogP contribution in [0.3, 0.4) is 0 Å². The van der Waals surface area contributed by atoms with E-state index in [1.165, 1.54) is 0 Å². The largest absolute Gasteiger partial charge is 0.305 e. The van der Waals surface area contributed by atoms with Crippen molar-refractivity contribution in [2.75, 3.05) is 0 Å². The fraction of sp³-hybridized carbons (Fsp3) is 0.258. The molecular formula is C31H30ClN5. The lowest BCUT2D eigenvalue weighted by atomic mass is 9.79. The Morgan fingerprint density at radius 3 is 2.38 bits per heavy atom. The van der Waals surface area contributed by atoms with Crippen molar-refractivity contribution in [2.24, 2.45) is 5.41 Å². The summed E-state index contributed by atoms with van der Waals surface area (Å²) >= 11 is 6.13. The first-order valence-corrected chi connectivity index (χ1v) is 12.7. The number of nitriles is 2. The minimum atomic E-state index is -0.683. The molecule has 0 bridgehead atoms. The molecule has 0 radical (unpaired) electrons. The van der Waals surface area contributed by atoms with Gasteiger partial charge in [0, 0.05) is 28.7 Å². The van der Waals surface area contributed by atoms with Crippen molar-refractivity contribution in [1.29, 1.82) is 10.5 Å². The van der Waals surface area contributed by atoms with Crippen LogP contribution in [0.1, 0.15) is 55.0 Å². The summed E-state index contributed by atoms with van der Waals surface area (Å²) in [5, 5.41) is 31.3. The average molecular weight is 508 g/mol. The second-order valence-corrected chi connectivity index (χ2v) is 10.4. The normalized spacial score (nSPS) is 13.8. The smallest absolute Gasteiger partial charge is 0.0991 e. The van der Waals surface area contributed by atoms with Gasteiger partial charge in [-0.1, -0.05) is 54.1 Å². The van der Waals surface area contributed by atoms with Crippen LogP contribution >= 0.6 is 11.6 Å². The molecule has 0 spiro atoms. The van der Waals surface area contributed by atoms with Crippen LogP contribution in [0.25, 0.3) is 11.3 Å². The van der Waals surface area contributed by atoms with Crippen molar-refractivity contribution in [3.8, 4) is 23.4 Å². The minimum Gasteiger partial charge on any atom is -0.305 e. The summed E-state index contributed by atoms with van der Waals surface area (Å²) in [5.41, 5.74) is 5.05. The summed E-state index contributed by atoms with van der Waals surface area (Å²) in [4.78, 5) is 0. The van der Waals surface area contributed by atoms with E-state index < -0.39 is 5.41 Å². The third kappa shape index (κ3) is 6.27. The molecule has 0 aliphatic carbocycles. The highest BCUT2D eigenvalue weighted by atomic mass is 35.5. The maximum Gasteiger partial charge on any atom is 0.0991 e. The van der Waals surface area contributed by atoms with E-state index in [2.05, 4.69) is 52.8 Å². The number of halogens is 1. The quantitative estimate of drug-likeness (QED) is 0.251. The molecule has 1 aromatic heterocycles. The molecule has 0 fully saturated rings. The molecule has 0 aliphatic rings. The number of nitrogens with one attached hydrogen (secondary N) is 2. The van der Waals surface area contributed by atoms with Crippen LogP contribution in [0.15, 0.2) is 85.1 Å². The van der Waals surface area contributed by atoms with Gasteiger partial charge in [-0.2, -0.15) is 15.6 Å². The Kier molecular flexibility index (Phi) is 8.09. The van der Waals surface area contributed by atoms with E-state index in [1.54, 1.807) is 6.20 Å². The number of aromatic amines is 1. The number of hydrogen-bond acceptors (Lipinski definition) is 4. The van der Waals surface area contributed by atoms with Crippen LogP contribution in [0.2, 0.25) is 5.02 Å². The fourth-order valence-corrected chi connectivity index (χ4v) is 4.89. The summed E-state index contributed by atoms with van der Waals surface area (Å²) in [7, 11) is 0. The Hall–Kier alpha value is -3.90. The minimum absolute atomic E-state index is 0.0173. The van der Waals surface area contributed by atoms with Crippen molar-refractivity contribution >= 4 is 11.6 Å². The maximum absolute atomic E-state index is 10.1. The molecule has 0 saturated heterocycles. The highest BCUT2D eigenvalue weighted by Gasteiger charge is 2.34. The van der Waals surface area contributed by atoms with Crippen molar-refractivity contribution in [3.63, 3.8) is 0 Å². The van der Waals surface area contributed by atoms with Crippen LogP contribution in [-0.2, 0) is 6.42 Å². The van der Waals surface area contributed by atoms with E-state index in [-0.39, 0.29) is 18.0 Å². The molecule has 2 unspecified atom stereocenters. The summed E-state index contributed by atoms with van der Waals surface area (Å²) < 4.78 is 0. The van der Waals surface area contributed by atoms with E-state index in [4.69, 9.17) is 11.6 Å². The lowest BCUT2D eigenvalue weighted by Gasteiger charge is -2.36. The molecule has 0 saturated carbocycles. The third-order valence-corrected chi connectivity index (χ3v) is 7.12. The fourth-order valence-electron chi connectivity index (χ4n) is 4.76. The highest BCUT2D eigenvalue weighted by Crippen LogP contribution is 2.37. The molecular weight excluding hydrogens is 478 g/mol. The molecule has 5 nitrogen and oxygen atoms in total. The van der Waals surface area contributed by atoms with Gasteiger partial charge in [-0.3, -0.25) is 5.10 Å². The zero-order valence-corrected chi connectivity index (χ0v) is 22.0. The topological polar surface area (TPSA) is 88.3 Å². The number of rotatable bonds is 9. The number of benzene rings is 3. The Morgan fingerprint density at radius 2 is 1.70 bits per heavy atom. The van der Waals surface area contributed by atoms with Crippen LogP contribution in [0.5, 0.6) is 0 Å². The summed E-state index contributed by atoms with van der Waals surface area (Å²) in [6.07, 6.45) is 2.56. The number of H-pyrrole nitrogens is 1. The SMILES string of the molecule is CC(N[C@@H](c1cccc(-c2cc[nH]n2)c1)C(C)(C)C#N)C(Cc1ccc(Cl)cc1)c1cccc(C#N)c1. The summed E-state index contributed by atoms with van der Waals surface area (Å²) in [6, 6.07) is 30.3. The standard InChI is InChI=1S/C31H30ClN5/c1-21(28(17-22-10-12-27(32)13-11-22)24-7-4-6-23(16-24)19-33)36-30(31(2,3)20-34)26-9-5-8-25(18-26)29-14-15-35-37-29/h4-16,18,21,28,30,36H,17H2,1-3H3,(H,35,37)/t21?,28?,30-/m0/s1. The first-order valence-electron chi connectivity index (χ1n) is 12.3. The zero-order valence-electron chi connectivity index (χ0n) is 21.2. The molecule has 37 heavy (non-hydrogen) atoms. The molecule has 186 valence electrons. The van der Waals surface area contributed by atoms with Gasteiger partial charge in [0.2, 0.25) is 0 Å². The molecule has 1 heterocycles. The van der Waals surface area contributed by atoms with Crippen molar-refractivity contribution in [3.05, 3.63) is 112 Å². The Balaban J connectivity index is 1.71. The van der Waals surface area contributed by atoms with Crippen molar-refractivity contribution < 1.29 is 0 Å². The second kappa shape index (κ2) is 11.4. The Bertz CT molecular complexity index is 1410. The Labute approximate surface area is 223 Å². The van der Waals surface area contributed by atoms with E-state index in [1.807, 2.05) is 74.5 Å². The predicted octanol–water partition coefficient (Wildman–Crippen LogP) is 7.20. The van der Waals surface area contributed by atoms with Gasteiger partial charge < -0.3 is 5.32 Å². The molecule has 4 aromatic rings. The maximum atomic E-state index is 10.1. The van der Waals surface area contributed by atoms with Gasteiger partial charge in [-0.05, 0) is 80.3 Å². The predicted molar refractivity (Wildman–Crippen MR) is 148 cm³/mol. The number of aromatic nitrogens is 2. The Morgan fingerprint density at radius 1 is 0.973 bits per heavy atom. The first-order chi connectivity index (χ1) is 17.8. The van der Waals surface area contributed by atoms with E-state index in [9.17, 15) is 10.5 Å². The average Bonchev–Trinajstić information content (AvgIpc) is 3.46. The van der Waals surface area contributed by atoms with Gasteiger partial charge in [-0.15, -0.1) is 0 Å². The van der Waals surface area contributed by atoms with Crippen LogP contribution < -0.4 is 5.32 Å². The van der Waals surface area contributed by atoms with Crippen molar-refractivity contribution in [1.82, 2.24) is 15.5 Å². The zero-order chi connectivity index (χ0) is 26.4. The lowest BCUT2D eigenvalue weighted by molar-refractivity contribution is 0.281. The molecule has 2 N–H and O–H groups in total. The number of hydrogen-bond donors (Lipinski definition) is 2. The van der Waals surface area contributed by atoms with Gasteiger partial charge in [0.05, 0.1) is 34.9 Å². The van der Waals surface area contributed by atoms with Crippen LogP contribution in [0, 0.1) is 28.1 Å². The molecule has 3 atom stereocenters. The van der Waals surface area contributed by atoms with Crippen LogP contribution in [0.4, 0.5) is 0 Å². The van der Waals surface area contributed by atoms with Gasteiger partial charge in [0.15, 0.2) is 0 Å². The highest BCUT2D eigenvalue weighted by molar-refractivity contribution is 6.30. The van der Waals surface area contributed by atoms with Gasteiger partial charge in [-0.25, -0.2) is 0 Å².